The molecule has 1 N–H and O–H groups in total. The molecule has 1 aliphatic rings. The monoisotopic (exact) mass is 447 g/mol. The van der Waals surface area contributed by atoms with Crippen LogP contribution in [0.5, 0.6) is 0 Å². The van der Waals surface area contributed by atoms with Gasteiger partial charge in [-0.05, 0) is 36.6 Å². The van der Waals surface area contributed by atoms with Gasteiger partial charge < -0.3 is 9.84 Å². The zero-order chi connectivity index (χ0) is 22.3. The van der Waals surface area contributed by atoms with Crippen LogP contribution in [0.2, 0.25) is 0 Å². The topological polar surface area (TPSA) is 93.6 Å². The molecule has 0 radical (unpaired) electrons. The molecule has 0 bridgehead atoms. The third kappa shape index (κ3) is 4.17. The van der Waals surface area contributed by atoms with Crippen LogP contribution in [0, 0.1) is 11.7 Å². The lowest BCUT2D eigenvalue weighted by Crippen LogP contribution is -2.24. The predicted octanol–water partition coefficient (Wildman–Crippen LogP) is 3.56. The number of methoxy groups -OCH3 is 1. The highest BCUT2D eigenvalue weighted by atomic mass is 32.2. The minimum atomic E-state index is -5.01. The first kappa shape index (κ1) is 22.2. The van der Waals surface area contributed by atoms with Crippen molar-refractivity contribution < 1.29 is 40.6 Å². The highest BCUT2D eigenvalue weighted by Gasteiger charge is 2.47. The van der Waals surface area contributed by atoms with Gasteiger partial charge in [-0.25, -0.2) is 12.8 Å². The Morgan fingerprint density at radius 1 is 1.17 bits per heavy atom. The van der Waals surface area contributed by atoms with E-state index in [0.717, 1.165) is 30.6 Å². The van der Waals surface area contributed by atoms with E-state index in [1.807, 2.05) is 0 Å². The average molecular weight is 447 g/mol. The Balaban J connectivity index is 2.08. The summed E-state index contributed by atoms with van der Waals surface area (Å²) in [5.41, 5.74) is -1.41. The average Bonchev–Trinajstić information content (AvgIpc) is 3.12. The number of alkyl halides is 3. The fraction of sp³-hybridized carbons (Fsp3) is 0.368. The molecular weight excluding hydrogens is 430 g/mol. The van der Waals surface area contributed by atoms with E-state index in [1.165, 1.54) is 7.11 Å². The minimum absolute atomic E-state index is 0.0516. The number of hydrogen-bond acceptors (Lipinski definition) is 5. The van der Waals surface area contributed by atoms with Gasteiger partial charge in [0.25, 0.3) is 0 Å². The van der Waals surface area contributed by atoms with E-state index in [2.05, 4.69) is 4.98 Å². The molecule has 0 aliphatic heterocycles. The van der Waals surface area contributed by atoms with Crippen LogP contribution in [0.15, 0.2) is 41.6 Å². The van der Waals surface area contributed by atoms with Gasteiger partial charge >= 0.3 is 12.1 Å². The van der Waals surface area contributed by atoms with Crippen LogP contribution in [0.4, 0.5) is 17.6 Å². The van der Waals surface area contributed by atoms with E-state index in [1.54, 1.807) is 0 Å². The molecule has 1 fully saturated rings. The van der Waals surface area contributed by atoms with Gasteiger partial charge in [-0.2, -0.15) is 13.2 Å². The number of sulfone groups is 1. The van der Waals surface area contributed by atoms with Gasteiger partial charge in [0.1, 0.15) is 5.82 Å². The highest BCUT2D eigenvalue weighted by molar-refractivity contribution is 7.92. The van der Waals surface area contributed by atoms with Crippen LogP contribution in [-0.4, -0.2) is 42.9 Å². The van der Waals surface area contributed by atoms with Crippen LogP contribution in [0.25, 0.3) is 11.1 Å². The van der Waals surface area contributed by atoms with Crippen molar-refractivity contribution in [3.05, 3.63) is 48.0 Å². The normalized spacial score (nSPS) is 22.2. The summed E-state index contributed by atoms with van der Waals surface area (Å²) in [4.78, 5) is 14.0. The lowest BCUT2D eigenvalue weighted by molar-refractivity contribution is -0.145. The number of benzene rings is 1. The second kappa shape index (κ2) is 7.95. The van der Waals surface area contributed by atoms with E-state index < -0.39 is 55.5 Å². The summed E-state index contributed by atoms with van der Waals surface area (Å²) in [6.45, 7) is 0. The summed E-state index contributed by atoms with van der Waals surface area (Å²) >= 11 is 0. The van der Waals surface area contributed by atoms with Gasteiger partial charge in [-0.15, -0.1) is 0 Å². The van der Waals surface area contributed by atoms with Crippen molar-refractivity contribution in [2.75, 3.05) is 7.11 Å². The Bertz CT molecular complexity index is 1070. The molecule has 3 rings (SSSR count). The van der Waals surface area contributed by atoms with Gasteiger partial charge in [0, 0.05) is 18.9 Å². The first-order valence-corrected chi connectivity index (χ1v) is 10.3. The molecule has 0 spiro atoms. The lowest BCUT2D eigenvalue weighted by Gasteiger charge is -2.18. The van der Waals surface area contributed by atoms with E-state index in [0.29, 0.717) is 6.07 Å². The maximum atomic E-state index is 13.7. The van der Waals surface area contributed by atoms with Crippen LogP contribution in [-0.2, 0) is 25.5 Å². The maximum Gasteiger partial charge on any atom is 0.417 e. The molecule has 11 heteroatoms. The Morgan fingerprint density at radius 3 is 2.40 bits per heavy atom. The number of ether oxygens (including phenoxy) is 1. The first-order chi connectivity index (χ1) is 13.9. The summed E-state index contributed by atoms with van der Waals surface area (Å²) in [5, 5.41) is 7.90. The van der Waals surface area contributed by atoms with Gasteiger partial charge in [0.2, 0.25) is 0 Å². The molecule has 0 amide bonds. The van der Waals surface area contributed by atoms with Crippen molar-refractivity contribution in [2.45, 2.75) is 35.3 Å². The van der Waals surface area contributed by atoms with Crippen molar-refractivity contribution in [3.8, 4) is 11.1 Å². The molecule has 0 saturated heterocycles. The summed E-state index contributed by atoms with van der Waals surface area (Å²) < 4.78 is 85.6. The Hall–Kier alpha value is -2.53. The van der Waals surface area contributed by atoms with Crippen LogP contribution >= 0.6 is 0 Å². The van der Waals surface area contributed by atoms with Crippen molar-refractivity contribution in [3.63, 3.8) is 0 Å². The van der Waals surface area contributed by atoms with Gasteiger partial charge in [0.05, 0.1) is 33.9 Å². The van der Waals surface area contributed by atoms with E-state index >= 15 is 0 Å². The van der Waals surface area contributed by atoms with Gasteiger partial charge in [-0.1, -0.05) is 6.07 Å². The summed E-state index contributed by atoms with van der Waals surface area (Å²) in [6, 6.07) is 3.55. The lowest BCUT2D eigenvalue weighted by atomic mass is 10.0. The molecule has 1 aliphatic carbocycles. The Kier molecular flexibility index (Phi) is 5.87. The quantitative estimate of drug-likeness (QED) is 0.705. The molecule has 1 aromatic carbocycles. The number of halogens is 4. The van der Waals surface area contributed by atoms with E-state index in [4.69, 9.17) is 4.74 Å². The highest BCUT2D eigenvalue weighted by Crippen LogP contribution is 2.42. The molecule has 6 nitrogen and oxygen atoms in total. The van der Waals surface area contributed by atoms with E-state index in [-0.39, 0.29) is 24.0 Å². The smallest absolute Gasteiger partial charge is 0.417 e. The fourth-order valence-electron chi connectivity index (χ4n) is 3.66. The second-order valence-corrected chi connectivity index (χ2v) is 9.15. The van der Waals surface area contributed by atoms with Crippen molar-refractivity contribution >= 4 is 15.8 Å². The number of carboxylic acid groups (broad SMARTS) is 1. The fourth-order valence-corrected chi connectivity index (χ4v) is 5.66. The Labute approximate surface area is 169 Å². The number of pyridine rings is 1. The first-order valence-electron chi connectivity index (χ1n) is 8.76. The SMILES string of the molecule is CO[C@@H]1C[C@H](S(=O)(=O)c2ccc(-c3cncc(F)c3)cc2C(F)(F)F)C[C@H]1C(=O)O. The van der Waals surface area contributed by atoms with Crippen molar-refractivity contribution in [2.24, 2.45) is 5.92 Å². The molecule has 3 atom stereocenters. The number of aromatic nitrogens is 1. The number of hydrogen-bond donors (Lipinski definition) is 1. The van der Waals surface area contributed by atoms with Crippen molar-refractivity contribution in [1.29, 1.82) is 0 Å². The van der Waals surface area contributed by atoms with E-state index in [9.17, 15) is 35.9 Å². The largest absolute Gasteiger partial charge is 0.481 e. The summed E-state index contributed by atoms with van der Waals surface area (Å²) in [7, 11) is -3.30. The van der Waals surface area contributed by atoms with Crippen molar-refractivity contribution in [1.82, 2.24) is 4.98 Å². The molecule has 30 heavy (non-hydrogen) atoms. The molecule has 0 unspecified atom stereocenters. The predicted molar refractivity (Wildman–Crippen MR) is 96.8 cm³/mol. The van der Waals surface area contributed by atoms with Gasteiger partial charge in [-0.3, -0.25) is 9.78 Å². The molecule has 1 aromatic heterocycles. The van der Waals surface area contributed by atoms with Crippen LogP contribution in [0.1, 0.15) is 18.4 Å². The molecule has 1 heterocycles. The second-order valence-electron chi connectivity index (χ2n) is 6.96. The summed E-state index contributed by atoms with van der Waals surface area (Å²) in [6.07, 6.45) is -4.48. The zero-order valence-electron chi connectivity index (χ0n) is 15.6. The number of nitrogens with zero attached hydrogens (tertiary/aromatic N) is 1. The minimum Gasteiger partial charge on any atom is -0.481 e. The third-order valence-corrected chi connectivity index (χ3v) is 7.38. The van der Waals surface area contributed by atoms with Gasteiger partial charge in [0.15, 0.2) is 9.84 Å². The number of aliphatic carboxylic acids is 1. The Morgan fingerprint density at radius 2 is 1.87 bits per heavy atom. The molecule has 2 aromatic rings. The number of carbonyl (C=O) groups is 1. The summed E-state index contributed by atoms with van der Waals surface area (Å²) in [5.74, 6) is -3.17. The standard InChI is InChI=1S/C19H17F4NO5S/c1-29-16-7-13(6-14(16)18(25)26)30(27,28)17-3-2-10(5-15(17)19(21,22)23)11-4-12(20)9-24-8-11/h2-5,8-9,13-14,16H,6-7H2,1H3,(H,25,26)/t13-,14-,16-/m1/s1. The molecular formula is C19H17F4NO5S. The number of carboxylic acids is 1. The number of rotatable bonds is 5. The molecule has 1 saturated carbocycles. The maximum absolute atomic E-state index is 13.7. The van der Waals surface area contributed by atoms with Crippen LogP contribution < -0.4 is 0 Å². The zero-order valence-corrected chi connectivity index (χ0v) is 16.4. The molecule has 162 valence electrons. The van der Waals surface area contributed by atoms with Crippen LogP contribution in [0.3, 0.4) is 0 Å². The third-order valence-electron chi connectivity index (χ3n) is 5.15.